The quantitative estimate of drug-likeness (QED) is 0.463. The van der Waals surface area contributed by atoms with E-state index in [-0.39, 0.29) is 23.6 Å². The summed E-state index contributed by atoms with van der Waals surface area (Å²) < 4.78 is 37.1. The summed E-state index contributed by atoms with van der Waals surface area (Å²) in [6.07, 6.45) is 2.68. The van der Waals surface area contributed by atoms with Crippen LogP contribution in [0.3, 0.4) is 0 Å². The average Bonchev–Trinajstić information content (AvgIpc) is 2.83. The number of benzene rings is 2. The van der Waals surface area contributed by atoms with Crippen molar-refractivity contribution in [3.05, 3.63) is 42.5 Å². The van der Waals surface area contributed by atoms with Crippen LogP contribution in [0.2, 0.25) is 0 Å². The number of hydrogen-bond acceptors (Lipinski definition) is 8. The van der Waals surface area contributed by atoms with Gasteiger partial charge in [0.1, 0.15) is 11.9 Å². The van der Waals surface area contributed by atoms with Gasteiger partial charge in [-0.3, -0.25) is 0 Å². The van der Waals surface area contributed by atoms with Gasteiger partial charge in [0.25, 0.3) is 0 Å². The van der Waals surface area contributed by atoms with E-state index in [4.69, 9.17) is 24.7 Å². The van der Waals surface area contributed by atoms with Gasteiger partial charge in [0.05, 0.1) is 24.6 Å². The number of likely N-dealkylation sites (tertiary alicyclic amines) is 1. The highest BCUT2D eigenvalue weighted by Gasteiger charge is 2.27. The minimum absolute atomic E-state index is 0.00113. The van der Waals surface area contributed by atoms with E-state index in [0.717, 1.165) is 12.8 Å². The molecule has 1 fully saturated rings. The molecule has 0 bridgehead atoms. The number of anilines is 1. The first-order valence-corrected chi connectivity index (χ1v) is 11.8. The molecule has 1 aliphatic rings. The minimum atomic E-state index is -0.591. The molecule has 192 valence electrons. The van der Waals surface area contributed by atoms with Crippen LogP contribution < -0.4 is 19.9 Å². The van der Waals surface area contributed by atoms with Gasteiger partial charge in [-0.2, -0.15) is 0 Å². The fourth-order valence-electron chi connectivity index (χ4n) is 3.91. The zero-order chi connectivity index (χ0) is 25.9. The Labute approximate surface area is 209 Å². The molecule has 1 aliphatic heterocycles. The molecule has 4 rings (SSSR count). The van der Waals surface area contributed by atoms with Crippen molar-refractivity contribution in [1.82, 2.24) is 14.9 Å². The maximum absolute atomic E-state index is 14.2. The van der Waals surface area contributed by atoms with Crippen LogP contribution in [0.15, 0.2) is 36.7 Å². The number of nitrogen functional groups attached to an aromatic ring is 1. The molecule has 0 spiro atoms. The van der Waals surface area contributed by atoms with Gasteiger partial charge in [-0.25, -0.2) is 19.2 Å². The summed E-state index contributed by atoms with van der Waals surface area (Å²) in [5.41, 5.74) is 5.96. The topological polar surface area (TPSA) is 109 Å². The van der Waals surface area contributed by atoms with Gasteiger partial charge < -0.3 is 29.6 Å². The molecule has 1 saturated heterocycles. The van der Waals surface area contributed by atoms with Gasteiger partial charge in [0.2, 0.25) is 5.88 Å². The summed E-state index contributed by atoms with van der Waals surface area (Å²) in [6, 6.07) is 7.63. The maximum atomic E-state index is 14.2. The summed E-state index contributed by atoms with van der Waals surface area (Å²) in [4.78, 5) is 22.5. The molecule has 0 aliphatic carbocycles. The van der Waals surface area contributed by atoms with E-state index in [0.29, 0.717) is 47.8 Å². The molecule has 3 aromatic rings. The van der Waals surface area contributed by atoms with Crippen LogP contribution in [-0.2, 0) is 4.74 Å². The zero-order valence-electron chi connectivity index (χ0n) is 20.9. The smallest absolute Gasteiger partial charge is 0.410 e. The van der Waals surface area contributed by atoms with Gasteiger partial charge >= 0.3 is 6.09 Å². The Morgan fingerprint density at radius 2 is 1.86 bits per heavy atom. The molecular formula is C26H31FN4O5. The molecule has 2 heterocycles. The third-order valence-electron chi connectivity index (χ3n) is 5.79. The van der Waals surface area contributed by atoms with E-state index in [1.54, 1.807) is 23.1 Å². The summed E-state index contributed by atoms with van der Waals surface area (Å²) in [5.74, 6) is 0.881. The maximum Gasteiger partial charge on any atom is 0.410 e. The van der Waals surface area contributed by atoms with Crippen molar-refractivity contribution in [2.24, 2.45) is 5.92 Å². The normalized spacial score (nSPS) is 14.5. The van der Waals surface area contributed by atoms with E-state index >= 15 is 0 Å². The Morgan fingerprint density at radius 3 is 2.53 bits per heavy atom. The fraction of sp³-hybridized carbons (Fsp3) is 0.423. The molecule has 1 aromatic heterocycles. The van der Waals surface area contributed by atoms with Crippen LogP contribution in [0.4, 0.5) is 14.9 Å². The summed E-state index contributed by atoms with van der Waals surface area (Å²) in [5, 5.41) is 0.545. The largest absolute Gasteiger partial charge is 0.493 e. The predicted molar refractivity (Wildman–Crippen MR) is 133 cm³/mol. The first kappa shape index (κ1) is 25.3. The van der Waals surface area contributed by atoms with Crippen LogP contribution in [0, 0.1) is 11.7 Å². The number of hydrogen-bond donors (Lipinski definition) is 1. The lowest BCUT2D eigenvalue weighted by molar-refractivity contribution is 0.0164. The van der Waals surface area contributed by atoms with Crippen molar-refractivity contribution in [3.8, 4) is 23.1 Å². The van der Waals surface area contributed by atoms with Gasteiger partial charge in [0.15, 0.2) is 23.1 Å². The Balaban J connectivity index is 1.44. The molecule has 0 saturated carbocycles. The van der Waals surface area contributed by atoms with E-state index < -0.39 is 11.4 Å². The summed E-state index contributed by atoms with van der Waals surface area (Å²) in [6.45, 7) is 7.28. The van der Waals surface area contributed by atoms with Crippen molar-refractivity contribution in [3.63, 3.8) is 0 Å². The second-order valence-corrected chi connectivity index (χ2v) is 9.71. The highest BCUT2D eigenvalue weighted by atomic mass is 19.1. The van der Waals surface area contributed by atoms with E-state index in [1.165, 1.54) is 25.6 Å². The standard InChI is InChI=1S/C26H31FN4O5/c1-26(2,3)36-25(32)31-9-7-16(8-10-31)14-34-23-13-20-18(12-22(23)33-4)24(30-15-29-20)35-21-6-5-17(28)11-19(21)27/h5-6,11-13,15-16H,7-10,14,28H2,1-4H3. The number of methoxy groups -OCH3 is 1. The van der Waals surface area contributed by atoms with Gasteiger partial charge in [-0.1, -0.05) is 0 Å². The molecule has 10 heteroatoms. The highest BCUT2D eigenvalue weighted by Crippen LogP contribution is 2.37. The third-order valence-corrected chi connectivity index (χ3v) is 5.79. The number of ether oxygens (including phenoxy) is 4. The Kier molecular flexibility index (Phi) is 7.32. The van der Waals surface area contributed by atoms with E-state index in [9.17, 15) is 9.18 Å². The minimum Gasteiger partial charge on any atom is -0.493 e. The van der Waals surface area contributed by atoms with Gasteiger partial charge in [0, 0.05) is 30.9 Å². The first-order valence-electron chi connectivity index (χ1n) is 11.8. The number of carbonyl (C=O) groups excluding carboxylic acids is 1. The van der Waals surface area contributed by atoms with Crippen LogP contribution in [0.5, 0.6) is 23.1 Å². The second-order valence-electron chi connectivity index (χ2n) is 9.71. The van der Waals surface area contributed by atoms with Gasteiger partial charge in [-0.05, 0) is 57.7 Å². The Bertz CT molecular complexity index is 1240. The number of fused-ring (bicyclic) bond motifs is 1. The van der Waals surface area contributed by atoms with E-state index in [1.807, 2.05) is 20.8 Å². The van der Waals surface area contributed by atoms with Crippen molar-refractivity contribution in [1.29, 1.82) is 0 Å². The number of amides is 1. The zero-order valence-corrected chi connectivity index (χ0v) is 20.9. The number of rotatable bonds is 6. The molecule has 2 N–H and O–H groups in total. The number of aromatic nitrogens is 2. The SMILES string of the molecule is COc1cc2c(Oc3ccc(N)cc3F)ncnc2cc1OCC1CCN(C(=O)OC(C)(C)C)CC1. The van der Waals surface area contributed by atoms with Crippen molar-refractivity contribution in [2.45, 2.75) is 39.2 Å². The summed E-state index contributed by atoms with van der Waals surface area (Å²) >= 11 is 0. The Hall–Kier alpha value is -3.82. The first-order chi connectivity index (χ1) is 17.1. The number of carbonyl (C=O) groups is 1. The molecule has 36 heavy (non-hydrogen) atoms. The molecule has 0 unspecified atom stereocenters. The number of piperidine rings is 1. The lowest BCUT2D eigenvalue weighted by Crippen LogP contribution is -2.42. The van der Waals surface area contributed by atoms with E-state index in [2.05, 4.69) is 9.97 Å². The molecule has 0 radical (unpaired) electrons. The Morgan fingerprint density at radius 1 is 1.11 bits per heavy atom. The molecule has 0 atom stereocenters. The van der Waals surface area contributed by atoms with Gasteiger partial charge in [-0.15, -0.1) is 0 Å². The van der Waals surface area contributed by atoms with Crippen LogP contribution in [-0.4, -0.2) is 53.4 Å². The van der Waals surface area contributed by atoms with Crippen LogP contribution in [0.1, 0.15) is 33.6 Å². The molecular weight excluding hydrogens is 467 g/mol. The van der Waals surface area contributed by atoms with Crippen molar-refractivity contribution in [2.75, 3.05) is 32.5 Å². The lowest BCUT2D eigenvalue weighted by atomic mass is 9.98. The average molecular weight is 499 g/mol. The highest BCUT2D eigenvalue weighted by molar-refractivity contribution is 5.87. The number of nitrogens with zero attached hydrogens (tertiary/aromatic N) is 3. The molecule has 1 amide bonds. The van der Waals surface area contributed by atoms with Crippen LogP contribution >= 0.6 is 0 Å². The van der Waals surface area contributed by atoms with Crippen molar-refractivity contribution < 1.29 is 28.1 Å². The lowest BCUT2D eigenvalue weighted by Gasteiger charge is -2.33. The second kappa shape index (κ2) is 10.4. The fourth-order valence-corrected chi connectivity index (χ4v) is 3.91. The molecule has 9 nitrogen and oxygen atoms in total. The molecule has 2 aromatic carbocycles. The summed E-state index contributed by atoms with van der Waals surface area (Å²) in [7, 11) is 1.54. The van der Waals surface area contributed by atoms with Crippen LogP contribution in [0.25, 0.3) is 10.9 Å². The monoisotopic (exact) mass is 498 g/mol. The number of halogens is 1. The predicted octanol–water partition coefficient (Wildman–Crippen LogP) is 5.18. The third kappa shape index (κ3) is 6.05. The number of nitrogens with two attached hydrogens (primary N) is 1. The van der Waals surface area contributed by atoms with Crippen molar-refractivity contribution >= 4 is 22.7 Å².